The number of nitrogens with one attached hydrogen (secondary N) is 2. The van der Waals surface area contributed by atoms with Gasteiger partial charge in [0.1, 0.15) is 11.6 Å². The maximum atomic E-state index is 11.9. The zero-order valence-corrected chi connectivity index (χ0v) is 14.4. The molecule has 0 aliphatic heterocycles. The summed E-state index contributed by atoms with van der Waals surface area (Å²) in [6, 6.07) is 2.90. The molecule has 3 rings (SSSR count). The number of carbonyl (C=O) groups excluding carboxylic acids is 2. The number of hydrogen-bond donors (Lipinski definition) is 2. The Morgan fingerprint density at radius 3 is 2.96 bits per heavy atom. The molecule has 1 fully saturated rings. The van der Waals surface area contributed by atoms with Crippen molar-refractivity contribution in [1.82, 2.24) is 25.4 Å². The number of aromatic nitrogens is 3. The van der Waals surface area contributed by atoms with Crippen LogP contribution in [0.15, 0.2) is 40.6 Å². The lowest BCUT2D eigenvalue weighted by atomic mass is 10.4. The van der Waals surface area contributed by atoms with Gasteiger partial charge in [0.25, 0.3) is 0 Å². The summed E-state index contributed by atoms with van der Waals surface area (Å²) in [5, 5.41) is 13.9. The SMILES string of the molecule is C=CCn1c(SCC(=O)NC(=O)NCc2ccco2)nnc1C1CC1. The summed E-state index contributed by atoms with van der Waals surface area (Å²) in [6.07, 6.45) is 5.54. The normalized spacial score (nSPS) is 13.4. The Bertz CT molecular complexity index is 752. The highest BCUT2D eigenvalue weighted by molar-refractivity contribution is 7.99. The summed E-state index contributed by atoms with van der Waals surface area (Å²) < 4.78 is 7.07. The summed E-state index contributed by atoms with van der Waals surface area (Å²) in [5.74, 6) is 1.70. The molecule has 2 N–H and O–H groups in total. The lowest BCUT2D eigenvalue weighted by Gasteiger charge is -2.07. The fourth-order valence-electron chi connectivity index (χ4n) is 2.27. The fourth-order valence-corrected chi connectivity index (χ4v) is 3.02. The van der Waals surface area contributed by atoms with E-state index < -0.39 is 11.9 Å². The van der Waals surface area contributed by atoms with Crippen LogP contribution in [0.25, 0.3) is 0 Å². The van der Waals surface area contributed by atoms with Crippen molar-refractivity contribution in [3.05, 3.63) is 42.6 Å². The highest BCUT2D eigenvalue weighted by atomic mass is 32.2. The maximum absolute atomic E-state index is 11.9. The second-order valence-electron chi connectivity index (χ2n) is 5.61. The molecule has 1 saturated carbocycles. The van der Waals surface area contributed by atoms with Gasteiger partial charge in [0, 0.05) is 12.5 Å². The van der Waals surface area contributed by atoms with E-state index >= 15 is 0 Å². The minimum absolute atomic E-state index is 0.0775. The molecule has 0 radical (unpaired) electrons. The minimum Gasteiger partial charge on any atom is -0.467 e. The summed E-state index contributed by atoms with van der Waals surface area (Å²) in [6.45, 7) is 4.57. The van der Waals surface area contributed by atoms with E-state index in [9.17, 15) is 9.59 Å². The van der Waals surface area contributed by atoms with Crippen LogP contribution in [0.4, 0.5) is 4.79 Å². The molecule has 0 spiro atoms. The quantitative estimate of drug-likeness (QED) is 0.551. The average Bonchev–Trinajstić information content (AvgIpc) is 3.15. The van der Waals surface area contributed by atoms with Crippen molar-refractivity contribution in [3.63, 3.8) is 0 Å². The molecule has 0 atom stereocenters. The van der Waals surface area contributed by atoms with Gasteiger partial charge in [-0.3, -0.25) is 10.1 Å². The third-order valence-electron chi connectivity index (χ3n) is 3.59. The molecule has 0 bridgehead atoms. The molecule has 25 heavy (non-hydrogen) atoms. The van der Waals surface area contributed by atoms with E-state index in [1.165, 1.54) is 18.0 Å². The van der Waals surface area contributed by atoms with Gasteiger partial charge in [0.05, 0.1) is 18.6 Å². The van der Waals surface area contributed by atoms with Crippen molar-refractivity contribution < 1.29 is 14.0 Å². The molecule has 1 aliphatic carbocycles. The van der Waals surface area contributed by atoms with Crippen molar-refractivity contribution in [2.45, 2.75) is 37.0 Å². The van der Waals surface area contributed by atoms with Gasteiger partial charge in [0.2, 0.25) is 5.91 Å². The molecule has 3 amide bonds. The first-order valence-electron chi connectivity index (χ1n) is 7.94. The minimum atomic E-state index is -0.562. The number of urea groups is 1. The van der Waals surface area contributed by atoms with Crippen molar-refractivity contribution in [1.29, 1.82) is 0 Å². The number of thioether (sulfide) groups is 1. The van der Waals surface area contributed by atoms with Gasteiger partial charge in [-0.15, -0.1) is 16.8 Å². The van der Waals surface area contributed by atoms with Gasteiger partial charge in [0.15, 0.2) is 5.16 Å². The summed E-state index contributed by atoms with van der Waals surface area (Å²) in [5.41, 5.74) is 0. The predicted molar refractivity (Wildman–Crippen MR) is 92.0 cm³/mol. The molecule has 0 aromatic carbocycles. The van der Waals surface area contributed by atoms with Crippen molar-refractivity contribution in [2.24, 2.45) is 0 Å². The molecular weight excluding hydrogens is 342 g/mol. The Hall–Kier alpha value is -2.55. The van der Waals surface area contributed by atoms with Crippen LogP contribution in [0, 0.1) is 0 Å². The molecule has 2 heterocycles. The molecule has 8 nitrogen and oxygen atoms in total. The number of allylic oxidation sites excluding steroid dienone is 1. The number of carbonyl (C=O) groups is 2. The van der Waals surface area contributed by atoms with E-state index in [0.717, 1.165) is 18.7 Å². The van der Waals surface area contributed by atoms with E-state index in [1.807, 2.05) is 4.57 Å². The van der Waals surface area contributed by atoms with E-state index in [1.54, 1.807) is 18.2 Å². The van der Waals surface area contributed by atoms with E-state index in [-0.39, 0.29) is 12.3 Å². The molecule has 1 aliphatic rings. The van der Waals surface area contributed by atoms with Gasteiger partial charge >= 0.3 is 6.03 Å². The Kier molecular flexibility index (Phi) is 5.54. The van der Waals surface area contributed by atoms with Crippen LogP contribution in [0.1, 0.15) is 30.3 Å². The smallest absolute Gasteiger partial charge is 0.321 e. The van der Waals surface area contributed by atoms with Crippen LogP contribution in [-0.4, -0.2) is 32.5 Å². The fraction of sp³-hybridized carbons (Fsp3) is 0.375. The number of imide groups is 1. The van der Waals surface area contributed by atoms with Gasteiger partial charge in [-0.1, -0.05) is 17.8 Å². The topological polar surface area (TPSA) is 102 Å². The molecule has 2 aromatic heterocycles. The second-order valence-corrected chi connectivity index (χ2v) is 6.56. The third-order valence-corrected chi connectivity index (χ3v) is 4.55. The largest absolute Gasteiger partial charge is 0.467 e. The number of nitrogens with zero attached hydrogens (tertiary/aromatic N) is 3. The van der Waals surface area contributed by atoms with E-state index in [0.29, 0.717) is 23.4 Å². The van der Waals surface area contributed by atoms with Crippen LogP contribution >= 0.6 is 11.8 Å². The van der Waals surface area contributed by atoms with Crippen LogP contribution in [0.3, 0.4) is 0 Å². The highest BCUT2D eigenvalue weighted by Gasteiger charge is 2.30. The Morgan fingerprint density at radius 2 is 2.28 bits per heavy atom. The van der Waals surface area contributed by atoms with Gasteiger partial charge in [-0.05, 0) is 25.0 Å². The number of hydrogen-bond acceptors (Lipinski definition) is 6. The van der Waals surface area contributed by atoms with Crippen LogP contribution in [0.2, 0.25) is 0 Å². The first-order chi connectivity index (χ1) is 12.2. The zero-order chi connectivity index (χ0) is 17.6. The summed E-state index contributed by atoms with van der Waals surface area (Å²) in [7, 11) is 0. The summed E-state index contributed by atoms with van der Waals surface area (Å²) in [4.78, 5) is 23.6. The lowest BCUT2D eigenvalue weighted by Crippen LogP contribution is -2.39. The molecular formula is C16H19N5O3S. The van der Waals surface area contributed by atoms with Gasteiger partial charge < -0.3 is 14.3 Å². The molecule has 132 valence electrons. The Balaban J connectivity index is 1.47. The number of furan rings is 1. The molecule has 9 heteroatoms. The Morgan fingerprint density at radius 1 is 1.44 bits per heavy atom. The average molecular weight is 361 g/mol. The van der Waals surface area contributed by atoms with E-state index in [2.05, 4.69) is 27.4 Å². The highest BCUT2D eigenvalue weighted by Crippen LogP contribution is 2.39. The zero-order valence-electron chi connectivity index (χ0n) is 13.6. The van der Waals surface area contributed by atoms with Crippen LogP contribution < -0.4 is 10.6 Å². The van der Waals surface area contributed by atoms with Crippen molar-refractivity contribution >= 4 is 23.7 Å². The first-order valence-corrected chi connectivity index (χ1v) is 8.92. The predicted octanol–water partition coefficient (Wildman–Crippen LogP) is 2.05. The number of amides is 3. The Labute approximate surface area is 149 Å². The van der Waals surface area contributed by atoms with Gasteiger partial charge in [-0.2, -0.15) is 0 Å². The molecule has 2 aromatic rings. The number of rotatable bonds is 8. The maximum Gasteiger partial charge on any atom is 0.321 e. The van der Waals surface area contributed by atoms with E-state index in [4.69, 9.17) is 4.42 Å². The second kappa shape index (κ2) is 8.02. The molecule has 0 saturated heterocycles. The third kappa shape index (κ3) is 4.72. The first kappa shape index (κ1) is 17.3. The summed E-state index contributed by atoms with van der Waals surface area (Å²) >= 11 is 1.25. The lowest BCUT2D eigenvalue weighted by molar-refractivity contribution is -0.117. The molecule has 0 unspecified atom stereocenters. The standard InChI is InChI=1S/C16H19N5O3S/c1-2-7-21-14(11-5-6-11)19-20-16(21)25-10-13(22)18-15(23)17-9-12-4-3-8-24-12/h2-4,8,11H,1,5-7,9-10H2,(H2,17,18,22,23). The van der Waals surface area contributed by atoms with Crippen molar-refractivity contribution in [2.75, 3.05) is 5.75 Å². The van der Waals surface area contributed by atoms with Crippen LogP contribution in [0.5, 0.6) is 0 Å². The van der Waals surface area contributed by atoms with Crippen LogP contribution in [-0.2, 0) is 17.9 Å². The monoisotopic (exact) mass is 361 g/mol. The van der Waals surface area contributed by atoms with Gasteiger partial charge in [-0.25, -0.2) is 4.79 Å². The van der Waals surface area contributed by atoms with Crippen molar-refractivity contribution in [3.8, 4) is 0 Å².